The molecule has 1 heterocycles. The Hall–Kier alpha value is -0.880. The largest absolute Gasteiger partial charge is 0.378 e. The number of carbonyl (C=O) groups is 1. The molecule has 1 unspecified atom stereocenters. The molecule has 0 bridgehead atoms. The smallest absolute Gasteiger partial charge is 0.251 e. The minimum atomic E-state index is -0.600. The summed E-state index contributed by atoms with van der Waals surface area (Å²) in [4.78, 5) is 11.9. The third-order valence-corrected chi connectivity index (χ3v) is 3.27. The Labute approximate surface area is 122 Å². The van der Waals surface area contributed by atoms with Crippen LogP contribution in [-0.2, 0) is 4.74 Å². The predicted octanol–water partition coefficient (Wildman–Crippen LogP) is 1.62. The van der Waals surface area contributed by atoms with Gasteiger partial charge in [0, 0.05) is 25.8 Å². The van der Waals surface area contributed by atoms with E-state index in [0.29, 0.717) is 13.1 Å². The maximum absolute atomic E-state index is 13.2. The molecule has 0 saturated carbocycles. The van der Waals surface area contributed by atoms with Crippen LogP contribution in [0, 0.1) is 5.82 Å². The van der Waals surface area contributed by atoms with Crippen molar-refractivity contribution in [3.63, 3.8) is 0 Å². The highest BCUT2D eigenvalue weighted by molar-refractivity contribution is 6.30. The van der Waals surface area contributed by atoms with Gasteiger partial charge in [-0.3, -0.25) is 4.79 Å². The first kappa shape index (κ1) is 16.2. The van der Waals surface area contributed by atoms with Gasteiger partial charge in [0.25, 0.3) is 5.91 Å². The number of benzene rings is 1. The summed E-state index contributed by atoms with van der Waals surface area (Å²) in [7, 11) is 1.60. The van der Waals surface area contributed by atoms with Crippen LogP contribution in [0.15, 0.2) is 18.2 Å². The van der Waals surface area contributed by atoms with Gasteiger partial charge in [-0.25, -0.2) is 4.39 Å². The van der Waals surface area contributed by atoms with Crippen molar-refractivity contribution in [1.29, 1.82) is 0 Å². The maximum atomic E-state index is 13.2. The van der Waals surface area contributed by atoms with Crippen molar-refractivity contribution in [3.05, 3.63) is 34.6 Å². The molecule has 1 aliphatic rings. The average molecular weight is 309 g/mol. The van der Waals surface area contributed by atoms with Crippen LogP contribution in [0.4, 0.5) is 4.39 Å². The molecule has 0 aromatic heterocycles. The van der Waals surface area contributed by atoms with E-state index in [-0.39, 0.29) is 41.0 Å². The molecule has 7 heteroatoms. The fraction of sp³-hybridized carbons (Fsp3) is 0.417. The summed E-state index contributed by atoms with van der Waals surface area (Å²) >= 11 is 5.56. The molecule has 0 radical (unpaired) electrons. The SMILES string of the molecule is CO[C@H]1CNCC1NC(=O)c1ccc(Cl)c(F)c1.Cl. The van der Waals surface area contributed by atoms with E-state index in [1.54, 1.807) is 7.11 Å². The van der Waals surface area contributed by atoms with Gasteiger partial charge in [-0.1, -0.05) is 11.6 Å². The molecule has 2 rings (SSSR count). The molecular weight excluding hydrogens is 294 g/mol. The Morgan fingerprint density at radius 1 is 1.53 bits per heavy atom. The molecule has 1 aromatic carbocycles. The minimum absolute atomic E-state index is 0. The summed E-state index contributed by atoms with van der Waals surface area (Å²) in [6, 6.07) is 3.88. The molecule has 1 fully saturated rings. The van der Waals surface area contributed by atoms with Crippen LogP contribution in [-0.4, -0.2) is 38.3 Å². The molecule has 1 amide bonds. The van der Waals surface area contributed by atoms with Crippen molar-refractivity contribution in [2.75, 3.05) is 20.2 Å². The Morgan fingerprint density at radius 2 is 2.26 bits per heavy atom. The molecule has 1 aliphatic heterocycles. The van der Waals surface area contributed by atoms with E-state index in [4.69, 9.17) is 16.3 Å². The standard InChI is InChI=1S/C12H14ClFN2O2.ClH/c1-18-11-6-15-5-10(11)16-12(17)7-2-3-8(13)9(14)4-7;/h2-4,10-11,15H,5-6H2,1H3,(H,16,17);1H/t10?,11-;/m0./s1. The van der Waals surface area contributed by atoms with Crippen LogP contribution in [0.3, 0.4) is 0 Å². The molecule has 2 atom stereocenters. The van der Waals surface area contributed by atoms with Crippen LogP contribution in [0.2, 0.25) is 5.02 Å². The van der Waals surface area contributed by atoms with Crippen molar-refractivity contribution in [2.45, 2.75) is 12.1 Å². The highest BCUT2D eigenvalue weighted by Crippen LogP contribution is 2.16. The monoisotopic (exact) mass is 308 g/mol. The molecule has 4 nitrogen and oxygen atoms in total. The molecule has 0 aliphatic carbocycles. The highest BCUT2D eigenvalue weighted by Gasteiger charge is 2.28. The zero-order valence-electron chi connectivity index (χ0n) is 10.3. The van der Waals surface area contributed by atoms with Crippen LogP contribution >= 0.6 is 24.0 Å². The summed E-state index contributed by atoms with van der Waals surface area (Å²) in [5.74, 6) is -0.932. The quantitative estimate of drug-likeness (QED) is 0.892. The highest BCUT2D eigenvalue weighted by atomic mass is 35.5. The first-order chi connectivity index (χ1) is 8.61. The van der Waals surface area contributed by atoms with Gasteiger partial charge in [0.2, 0.25) is 0 Å². The van der Waals surface area contributed by atoms with Gasteiger partial charge in [0.1, 0.15) is 5.82 Å². The van der Waals surface area contributed by atoms with Crippen molar-refractivity contribution in [3.8, 4) is 0 Å². The molecule has 0 spiro atoms. The van der Waals surface area contributed by atoms with Gasteiger partial charge in [-0.15, -0.1) is 12.4 Å². The van der Waals surface area contributed by atoms with E-state index in [0.717, 1.165) is 6.07 Å². The fourth-order valence-corrected chi connectivity index (χ4v) is 2.05. The number of nitrogens with one attached hydrogen (secondary N) is 2. The number of methoxy groups -OCH3 is 1. The lowest BCUT2D eigenvalue weighted by atomic mass is 10.1. The number of ether oxygens (including phenoxy) is 1. The van der Waals surface area contributed by atoms with Gasteiger partial charge in [-0.2, -0.15) is 0 Å². The Kier molecular flexibility index (Phi) is 6.00. The maximum Gasteiger partial charge on any atom is 0.251 e. The topological polar surface area (TPSA) is 50.4 Å². The third-order valence-electron chi connectivity index (χ3n) is 2.96. The zero-order valence-corrected chi connectivity index (χ0v) is 11.9. The summed E-state index contributed by atoms with van der Waals surface area (Å²) < 4.78 is 18.5. The second-order valence-corrected chi connectivity index (χ2v) is 4.55. The van der Waals surface area contributed by atoms with Crippen molar-refractivity contribution < 1.29 is 13.9 Å². The van der Waals surface area contributed by atoms with Gasteiger partial charge >= 0.3 is 0 Å². The first-order valence-corrected chi connectivity index (χ1v) is 5.99. The Balaban J connectivity index is 0.00000180. The van der Waals surface area contributed by atoms with Gasteiger partial charge < -0.3 is 15.4 Å². The first-order valence-electron chi connectivity index (χ1n) is 5.61. The van der Waals surface area contributed by atoms with Crippen LogP contribution in [0.5, 0.6) is 0 Å². The number of hydrogen-bond acceptors (Lipinski definition) is 3. The van der Waals surface area contributed by atoms with Crippen LogP contribution in [0.25, 0.3) is 0 Å². The second-order valence-electron chi connectivity index (χ2n) is 4.14. The van der Waals surface area contributed by atoms with E-state index < -0.39 is 5.82 Å². The lowest BCUT2D eigenvalue weighted by molar-refractivity contribution is 0.0779. The van der Waals surface area contributed by atoms with Crippen molar-refractivity contribution in [1.82, 2.24) is 10.6 Å². The molecule has 2 N–H and O–H groups in total. The lowest BCUT2D eigenvalue weighted by Crippen LogP contribution is -2.43. The molecule has 19 heavy (non-hydrogen) atoms. The number of rotatable bonds is 3. The van der Waals surface area contributed by atoms with E-state index in [9.17, 15) is 9.18 Å². The number of halogens is 3. The van der Waals surface area contributed by atoms with Crippen molar-refractivity contribution >= 4 is 29.9 Å². The zero-order chi connectivity index (χ0) is 13.1. The molecule has 106 valence electrons. The number of hydrogen-bond donors (Lipinski definition) is 2. The Morgan fingerprint density at radius 3 is 2.89 bits per heavy atom. The summed E-state index contributed by atoms with van der Waals surface area (Å²) in [5, 5.41) is 5.93. The van der Waals surface area contributed by atoms with E-state index >= 15 is 0 Å². The van der Waals surface area contributed by atoms with E-state index in [1.807, 2.05) is 0 Å². The average Bonchev–Trinajstić information content (AvgIpc) is 2.79. The lowest BCUT2D eigenvalue weighted by Gasteiger charge is -2.18. The van der Waals surface area contributed by atoms with Crippen LogP contribution in [0.1, 0.15) is 10.4 Å². The van der Waals surface area contributed by atoms with Gasteiger partial charge in [0.15, 0.2) is 0 Å². The molecular formula is C12H15Cl2FN2O2. The fourth-order valence-electron chi connectivity index (χ4n) is 1.94. The summed E-state index contributed by atoms with van der Waals surface area (Å²) in [6.07, 6.45) is -0.0638. The molecule has 1 saturated heterocycles. The Bertz CT molecular complexity index is 459. The van der Waals surface area contributed by atoms with Crippen molar-refractivity contribution in [2.24, 2.45) is 0 Å². The van der Waals surface area contributed by atoms with E-state index in [1.165, 1.54) is 12.1 Å². The normalized spacial score (nSPS) is 21.8. The predicted molar refractivity (Wildman–Crippen MR) is 73.6 cm³/mol. The molecule has 1 aromatic rings. The van der Waals surface area contributed by atoms with Gasteiger partial charge in [-0.05, 0) is 18.2 Å². The van der Waals surface area contributed by atoms with Gasteiger partial charge in [0.05, 0.1) is 17.2 Å². The second kappa shape index (κ2) is 7.05. The number of carbonyl (C=O) groups excluding carboxylic acids is 1. The summed E-state index contributed by atoms with van der Waals surface area (Å²) in [6.45, 7) is 1.33. The van der Waals surface area contributed by atoms with E-state index in [2.05, 4.69) is 10.6 Å². The number of amides is 1. The third kappa shape index (κ3) is 3.79. The summed E-state index contributed by atoms with van der Waals surface area (Å²) in [5.41, 5.74) is 0.249. The van der Waals surface area contributed by atoms with Crippen LogP contribution < -0.4 is 10.6 Å². The minimum Gasteiger partial charge on any atom is -0.378 e.